The molecule has 2 aromatic heterocycles. The second-order valence-electron chi connectivity index (χ2n) is 8.10. The third-order valence-corrected chi connectivity index (χ3v) is 6.36. The maximum absolute atomic E-state index is 6.57. The average molecular weight is 389 g/mol. The molecule has 1 fully saturated rings. The van der Waals surface area contributed by atoms with Gasteiger partial charge in [0.2, 0.25) is 0 Å². The van der Waals surface area contributed by atoms with Crippen LogP contribution in [0.15, 0.2) is 67.1 Å². The quantitative estimate of drug-likeness (QED) is 0.672. The maximum atomic E-state index is 6.57. The molecular formula is C24H28N4O. The Labute approximate surface area is 172 Å². The summed E-state index contributed by atoms with van der Waals surface area (Å²) in [6, 6.07) is 17.1. The number of aromatic nitrogens is 2. The third kappa shape index (κ3) is 3.62. The number of pyridine rings is 1. The van der Waals surface area contributed by atoms with Crippen LogP contribution in [0.1, 0.15) is 30.2 Å². The first-order valence-corrected chi connectivity index (χ1v) is 10.6. The fourth-order valence-corrected chi connectivity index (χ4v) is 4.68. The molecule has 5 heteroatoms. The Kier molecular flexibility index (Phi) is 4.98. The zero-order valence-corrected chi connectivity index (χ0v) is 16.9. The Balaban J connectivity index is 1.29. The molecule has 0 aliphatic carbocycles. The fourth-order valence-electron chi connectivity index (χ4n) is 4.68. The molecule has 2 aliphatic heterocycles. The number of hydrogen-bond donors (Lipinski definition) is 0. The summed E-state index contributed by atoms with van der Waals surface area (Å²) in [7, 11) is 2.08. The summed E-state index contributed by atoms with van der Waals surface area (Å²) < 4.78 is 8.79. The normalized spacial score (nSPS) is 19.9. The molecule has 150 valence electrons. The molecule has 0 spiro atoms. The van der Waals surface area contributed by atoms with Crippen LogP contribution in [0.5, 0.6) is 5.75 Å². The Bertz CT molecular complexity index is 946. The maximum Gasteiger partial charge on any atom is 0.163 e. The highest BCUT2D eigenvalue weighted by atomic mass is 16.5. The van der Waals surface area contributed by atoms with Crippen molar-refractivity contribution in [1.82, 2.24) is 14.6 Å². The summed E-state index contributed by atoms with van der Waals surface area (Å²) >= 11 is 0. The van der Waals surface area contributed by atoms with Crippen LogP contribution < -0.4 is 9.75 Å². The van der Waals surface area contributed by atoms with Gasteiger partial charge in [0.1, 0.15) is 11.8 Å². The second-order valence-corrected chi connectivity index (χ2v) is 8.10. The number of ether oxygens (including phenoxy) is 1. The molecule has 3 aromatic rings. The first-order valence-electron chi connectivity index (χ1n) is 10.6. The van der Waals surface area contributed by atoms with Crippen molar-refractivity contribution in [3.05, 3.63) is 78.4 Å². The van der Waals surface area contributed by atoms with E-state index in [0.717, 1.165) is 50.3 Å². The molecule has 1 unspecified atom stereocenters. The summed E-state index contributed by atoms with van der Waals surface area (Å²) in [5, 5.41) is 2.15. The monoisotopic (exact) mass is 388 g/mol. The summed E-state index contributed by atoms with van der Waals surface area (Å²) in [5.41, 5.74) is 3.71. The molecule has 1 atom stereocenters. The van der Waals surface area contributed by atoms with Crippen LogP contribution in [0.3, 0.4) is 0 Å². The topological polar surface area (TPSA) is 33.5 Å². The standard InChI is InChI=1S/C24H28N4O/c1-26-21-9-13-25-18-23(21)29-24(22-8-5-14-28(22)26)20-11-16-27(17-12-20)15-10-19-6-3-2-4-7-19/h2-9,13-14,18,20,24H,10-12,15-17H2,1H3. The van der Waals surface area contributed by atoms with Gasteiger partial charge in [-0.15, -0.1) is 0 Å². The summed E-state index contributed by atoms with van der Waals surface area (Å²) in [5.74, 6) is 1.38. The Morgan fingerprint density at radius 1 is 1.03 bits per heavy atom. The lowest BCUT2D eigenvalue weighted by Crippen LogP contribution is -2.38. The molecule has 0 amide bonds. The van der Waals surface area contributed by atoms with Gasteiger partial charge in [-0.05, 0) is 56.1 Å². The highest BCUT2D eigenvalue weighted by molar-refractivity contribution is 5.57. The molecule has 1 aromatic carbocycles. The van der Waals surface area contributed by atoms with Gasteiger partial charge in [0, 0.05) is 31.9 Å². The largest absolute Gasteiger partial charge is 0.480 e. The second kappa shape index (κ2) is 7.91. The predicted octanol–water partition coefficient (Wildman–Crippen LogP) is 4.17. The van der Waals surface area contributed by atoms with E-state index in [9.17, 15) is 0 Å². The fraction of sp³-hybridized carbons (Fsp3) is 0.375. The average Bonchev–Trinajstić information content (AvgIpc) is 3.23. The van der Waals surface area contributed by atoms with Gasteiger partial charge in [-0.25, -0.2) is 0 Å². The molecule has 5 rings (SSSR count). The summed E-state index contributed by atoms with van der Waals surface area (Å²) in [6.07, 6.45) is 9.30. The van der Waals surface area contributed by atoms with E-state index in [-0.39, 0.29) is 6.10 Å². The van der Waals surface area contributed by atoms with Crippen LogP contribution >= 0.6 is 0 Å². The Morgan fingerprint density at radius 3 is 2.69 bits per heavy atom. The number of rotatable bonds is 4. The molecule has 4 heterocycles. The van der Waals surface area contributed by atoms with Crippen LogP contribution in [0, 0.1) is 5.92 Å². The van der Waals surface area contributed by atoms with Gasteiger partial charge in [-0.3, -0.25) is 14.7 Å². The molecule has 5 nitrogen and oxygen atoms in total. The first kappa shape index (κ1) is 18.3. The van der Waals surface area contributed by atoms with Gasteiger partial charge >= 0.3 is 0 Å². The van der Waals surface area contributed by atoms with E-state index in [1.54, 1.807) is 0 Å². The minimum absolute atomic E-state index is 0.0640. The van der Waals surface area contributed by atoms with E-state index >= 15 is 0 Å². The van der Waals surface area contributed by atoms with Crippen LogP contribution in [0.4, 0.5) is 5.69 Å². The van der Waals surface area contributed by atoms with Crippen LogP contribution in [-0.2, 0) is 6.42 Å². The zero-order valence-electron chi connectivity index (χ0n) is 16.9. The van der Waals surface area contributed by atoms with Crippen molar-refractivity contribution in [2.45, 2.75) is 25.4 Å². The van der Waals surface area contributed by atoms with Gasteiger partial charge in [0.15, 0.2) is 5.75 Å². The third-order valence-electron chi connectivity index (χ3n) is 6.36. The van der Waals surface area contributed by atoms with E-state index in [2.05, 4.69) is 75.3 Å². The molecular weight excluding hydrogens is 360 g/mol. The van der Waals surface area contributed by atoms with Gasteiger partial charge in [0.25, 0.3) is 0 Å². The Hall–Kier alpha value is -2.79. The van der Waals surface area contributed by atoms with Crippen molar-refractivity contribution in [1.29, 1.82) is 0 Å². The Morgan fingerprint density at radius 2 is 1.86 bits per heavy atom. The first-order chi connectivity index (χ1) is 14.3. The van der Waals surface area contributed by atoms with Crippen LogP contribution in [0.25, 0.3) is 0 Å². The van der Waals surface area contributed by atoms with E-state index in [4.69, 9.17) is 4.74 Å². The molecule has 1 saturated heterocycles. The van der Waals surface area contributed by atoms with E-state index in [1.807, 2.05) is 18.5 Å². The minimum Gasteiger partial charge on any atom is -0.480 e. The van der Waals surface area contributed by atoms with Crippen molar-refractivity contribution >= 4 is 5.69 Å². The zero-order chi connectivity index (χ0) is 19.6. The summed E-state index contributed by atoms with van der Waals surface area (Å²) in [6.45, 7) is 3.40. The molecule has 0 radical (unpaired) electrons. The van der Waals surface area contributed by atoms with Crippen molar-refractivity contribution in [3.8, 4) is 5.75 Å². The van der Waals surface area contributed by atoms with Crippen molar-refractivity contribution in [2.24, 2.45) is 5.92 Å². The number of likely N-dealkylation sites (tertiary alicyclic amines) is 1. The minimum atomic E-state index is 0.0640. The van der Waals surface area contributed by atoms with Gasteiger partial charge < -0.3 is 9.64 Å². The summed E-state index contributed by atoms with van der Waals surface area (Å²) in [4.78, 5) is 6.90. The molecule has 0 N–H and O–H groups in total. The van der Waals surface area contributed by atoms with Crippen LogP contribution in [-0.4, -0.2) is 41.2 Å². The molecule has 0 bridgehead atoms. The smallest absolute Gasteiger partial charge is 0.163 e. The van der Waals surface area contributed by atoms with E-state index < -0.39 is 0 Å². The lowest BCUT2D eigenvalue weighted by Gasteiger charge is -2.35. The van der Waals surface area contributed by atoms with Crippen molar-refractivity contribution in [3.63, 3.8) is 0 Å². The number of anilines is 1. The number of fused-ring (bicyclic) bond motifs is 2. The van der Waals surface area contributed by atoms with Gasteiger partial charge in [0.05, 0.1) is 11.9 Å². The SMILES string of the molecule is CN1c2ccncc2OC(C2CCN(CCc3ccccc3)CC2)c2cccn21. The highest BCUT2D eigenvalue weighted by Crippen LogP contribution is 2.41. The predicted molar refractivity (Wildman–Crippen MR) is 115 cm³/mol. The number of piperidine rings is 1. The number of benzene rings is 1. The van der Waals surface area contributed by atoms with Crippen LogP contribution in [0.2, 0.25) is 0 Å². The highest BCUT2D eigenvalue weighted by Gasteiger charge is 2.34. The number of nitrogens with zero attached hydrogens (tertiary/aromatic N) is 4. The molecule has 2 aliphatic rings. The van der Waals surface area contributed by atoms with Crippen molar-refractivity contribution in [2.75, 3.05) is 31.7 Å². The van der Waals surface area contributed by atoms with Gasteiger partial charge in [-0.1, -0.05) is 30.3 Å². The lowest BCUT2D eigenvalue weighted by atomic mass is 9.89. The van der Waals surface area contributed by atoms with Crippen molar-refractivity contribution < 1.29 is 4.74 Å². The molecule has 29 heavy (non-hydrogen) atoms. The lowest BCUT2D eigenvalue weighted by molar-refractivity contribution is 0.0747. The van der Waals surface area contributed by atoms with Gasteiger partial charge in [-0.2, -0.15) is 0 Å². The number of hydrogen-bond acceptors (Lipinski definition) is 4. The van der Waals surface area contributed by atoms with E-state index in [0.29, 0.717) is 5.92 Å². The molecule has 0 saturated carbocycles. The van der Waals surface area contributed by atoms with E-state index in [1.165, 1.54) is 11.3 Å².